The predicted molar refractivity (Wildman–Crippen MR) is 68.5 cm³/mol. The van der Waals surface area contributed by atoms with Gasteiger partial charge in [0, 0.05) is 31.8 Å². The normalized spacial score (nSPS) is 10.8. The summed E-state index contributed by atoms with van der Waals surface area (Å²) in [7, 11) is 4.76. The number of benzene rings is 1. The third kappa shape index (κ3) is 3.22. The van der Waals surface area contributed by atoms with Crippen LogP contribution in [0, 0.1) is 17.1 Å². The Morgan fingerprint density at radius 3 is 2.58 bits per heavy atom. The van der Waals surface area contributed by atoms with Crippen LogP contribution in [0.3, 0.4) is 0 Å². The van der Waals surface area contributed by atoms with Crippen LogP contribution in [0.2, 0.25) is 0 Å². The van der Waals surface area contributed by atoms with E-state index in [1.54, 1.807) is 25.1 Å². The third-order valence-electron chi connectivity index (χ3n) is 2.44. The van der Waals surface area contributed by atoms with Crippen LogP contribution in [0.25, 0.3) is 6.08 Å². The van der Waals surface area contributed by atoms with Crippen molar-refractivity contribution in [2.24, 2.45) is 0 Å². The maximum Gasteiger partial charge on any atom is 0.346 e. The van der Waals surface area contributed by atoms with E-state index >= 15 is 0 Å². The van der Waals surface area contributed by atoms with E-state index in [9.17, 15) is 9.18 Å². The van der Waals surface area contributed by atoms with Crippen molar-refractivity contribution in [1.82, 2.24) is 0 Å². The number of halogens is 1. The highest BCUT2D eigenvalue weighted by molar-refractivity contribution is 5.97. The Morgan fingerprint density at radius 2 is 2.16 bits per heavy atom. The fraction of sp³-hybridized carbons (Fsp3) is 0.231. The lowest BCUT2D eigenvalue weighted by Crippen LogP contribution is -2.12. The monoisotopic (exact) mass is 264 g/mol. The maximum atomic E-state index is 14.0. The zero-order valence-corrected chi connectivity index (χ0v) is 10.8. The molecule has 0 fully saturated rings. The summed E-state index contributed by atoms with van der Waals surface area (Å²) in [6.07, 6.45) is 1.01. The number of carbonyl (C=O) groups is 1. The van der Waals surface area contributed by atoms with Crippen molar-refractivity contribution in [1.29, 1.82) is 5.26 Å². The number of hydrogen-bond acceptors (Lipinski definition) is 4. The molecular formula is C13H13FN2O3. The number of carboxylic acids is 1. The van der Waals surface area contributed by atoms with Crippen LogP contribution >= 0.6 is 0 Å². The molecule has 1 aromatic carbocycles. The highest BCUT2D eigenvalue weighted by atomic mass is 19.1. The van der Waals surface area contributed by atoms with E-state index in [0.717, 1.165) is 12.1 Å². The van der Waals surface area contributed by atoms with Crippen LogP contribution in [0.5, 0.6) is 5.75 Å². The van der Waals surface area contributed by atoms with Crippen LogP contribution in [0.4, 0.5) is 10.1 Å². The standard InChI is InChI=1S/C13H13FN2O3/c1-16(2)12-6-9(19-3)5-11(14)10(12)4-8(7-15)13(17)18/h4-6H,1-3H3,(H,17,18)/b8-4+. The molecule has 0 aliphatic rings. The van der Waals surface area contributed by atoms with Gasteiger partial charge in [-0.2, -0.15) is 5.26 Å². The van der Waals surface area contributed by atoms with Gasteiger partial charge in [-0.05, 0) is 6.08 Å². The molecule has 0 heterocycles. The second-order valence-electron chi connectivity index (χ2n) is 3.91. The van der Waals surface area contributed by atoms with Gasteiger partial charge < -0.3 is 14.7 Å². The predicted octanol–water partition coefficient (Wildman–Crippen LogP) is 1.89. The summed E-state index contributed by atoms with van der Waals surface area (Å²) in [6, 6.07) is 4.21. The van der Waals surface area contributed by atoms with Crippen LogP contribution in [-0.4, -0.2) is 32.3 Å². The minimum Gasteiger partial charge on any atom is -0.497 e. The van der Waals surface area contributed by atoms with E-state index in [1.807, 2.05) is 0 Å². The largest absolute Gasteiger partial charge is 0.497 e. The van der Waals surface area contributed by atoms with Gasteiger partial charge in [0.05, 0.1) is 12.8 Å². The number of nitrogens with zero attached hydrogens (tertiary/aromatic N) is 2. The lowest BCUT2D eigenvalue weighted by atomic mass is 10.1. The minimum atomic E-state index is -1.40. The number of anilines is 1. The summed E-state index contributed by atoms with van der Waals surface area (Å²) in [6.45, 7) is 0. The molecule has 6 heteroatoms. The van der Waals surface area contributed by atoms with Crippen molar-refractivity contribution in [2.75, 3.05) is 26.1 Å². The molecule has 0 saturated carbocycles. The number of methoxy groups -OCH3 is 1. The van der Waals surface area contributed by atoms with Crippen molar-refractivity contribution in [3.63, 3.8) is 0 Å². The maximum absolute atomic E-state index is 14.0. The Hall–Kier alpha value is -2.55. The molecule has 0 aliphatic heterocycles. The fourth-order valence-corrected chi connectivity index (χ4v) is 1.50. The quantitative estimate of drug-likeness (QED) is 0.664. The highest BCUT2D eigenvalue weighted by Crippen LogP contribution is 2.29. The van der Waals surface area contributed by atoms with E-state index in [4.69, 9.17) is 15.1 Å². The van der Waals surface area contributed by atoms with Gasteiger partial charge in [-0.15, -0.1) is 0 Å². The first-order chi connectivity index (χ1) is 8.90. The molecule has 1 N–H and O–H groups in total. The molecule has 0 bridgehead atoms. The molecule has 0 aliphatic carbocycles. The molecule has 100 valence electrons. The first-order valence-corrected chi connectivity index (χ1v) is 5.30. The average molecular weight is 264 g/mol. The lowest BCUT2D eigenvalue weighted by molar-refractivity contribution is -0.132. The number of aliphatic carboxylic acids is 1. The van der Waals surface area contributed by atoms with E-state index in [0.29, 0.717) is 11.4 Å². The van der Waals surface area contributed by atoms with Crippen molar-refractivity contribution >= 4 is 17.7 Å². The minimum absolute atomic E-state index is 0.0322. The van der Waals surface area contributed by atoms with Crippen molar-refractivity contribution < 1.29 is 19.0 Å². The zero-order chi connectivity index (χ0) is 14.6. The molecule has 5 nitrogen and oxygen atoms in total. The van der Waals surface area contributed by atoms with Gasteiger partial charge in [0.2, 0.25) is 0 Å². The molecule has 0 saturated heterocycles. The highest BCUT2D eigenvalue weighted by Gasteiger charge is 2.15. The van der Waals surface area contributed by atoms with E-state index in [-0.39, 0.29) is 5.56 Å². The topological polar surface area (TPSA) is 73.6 Å². The van der Waals surface area contributed by atoms with Crippen LogP contribution < -0.4 is 9.64 Å². The van der Waals surface area contributed by atoms with Gasteiger partial charge in [-0.3, -0.25) is 0 Å². The zero-order valence-electron chi connectivity index (χ0n) is 10.8. The van der Waals surface area contributed by atoms with Gasteiger partial charge in [0.15, 0.2) is 0 Å². The summed E-state index contributed by atoms with van der Waals surface area (Å²) in [5.74, 6) is -1.74. The van der Waals surface area contributed by atoms with Crippen molar-refractivity contribution in [3.8, 4) is 11.8 Å². The fourth-order valence-electron chi connectivity index (χ4n) is 1.50. The molecule has 0 amide bonds. The Bertz CT molecular complexity index is 574. The summed E-state index contributed by atoms with van der Waals surface area (Å²) in [5, 5.41) is 17.5. The second-order valence-corrected chi connectivity index (χ2v) is 3.91. The smallest absolute Gasteiger partial charge is 0.346 e. The third-order valence-corrected chi connectivity index (χ3v) is 2.44. The Labute approximate surface area is 110 Å². The molecule has 0 radical (unpaired) electrons. The van der Waals surface area contributed by atoms with Gasteiger partial charge >= 0.3 is 5.97 Å². The molecule has 1 rings (SSSR count). The number of nitriles is 1. The Balaban J connectivity index is 3.51. The van der Waals surface area contributed by atoms with E-state index in [1.165, 1.54) is 13.2 Å². The first kappa shape index (κ1) is 14.5. The van der Waals surface area contributed by atoms with Crippen molar-refractivity contribution in [3.05, 3.63) is 29.1 Å². The summed E-state index contributed by atoms with van der Waals surface area (Å²) < 4.78 is 18.9. The van der Waals surface area contributed by atoms with Crippen molar-refractivity contribution in [2.45, 2.75) is 0 Å². The summed E-state index contributed by atoms with van der Waals surface area (Å²) >= 11 is 0. The molecule has 0 aromatic heterocycles. The van der Waals surface area contributed by atoms with Gasteiger partial charge in [-0.1, -0.05) is 0 Å². The average Bonchev–Trinajstić information content (AvgIpc) is 2.35. The molecule has 0 atom stereocenters. The van der Waals surface area contributed by atoms with E-state index in [2.05, 4.69) is 0 Å². The van der Waals surface area contributed by atoms with Gasteiger partial charge in [-0.25, -0.2) is 9.18 Å². The second kappa shape index (κ2) is 5.87. The van der Waals surface area contributed by atoms with E-state index < -0.39 is 17.4 Å². The summed E-state index contributed by atoms with van der Waals surface area (Å²) in [4.78, 5) is 12.4. The van der Waals surface area contributed by atoms with Crippen LogP contribution in [-0.2, 0) is 4.79 Å². The lowest BCUT2D eigenvalue weighted by Gasteiger charge is -2.17. The SMILES string of the molecule is COc1cc(F)c(/C=C(\C#N)C(=O)O)c(N(C)C)c1. The number of carboxylic acid groups (broad SMARTS) is 1. The molecule has 19 heavy (non-hydrogen) atoms. The Kier molecular flexibility index (Phi) is 4.48. The number of rotatable bonds is 4. The number of ether oxygens (including phenoxy) is 1. The number of hydrogen-bond donors (Lipinski definition) is 1. The molecule has 0 unspecified atom stereocenters. The van der Waals surface area contributed by atoms with Gasteiger partial charge in [0.1, 0.15) is 23.2 Å². The first-order valence-electron chi connectivity index (χ1n) is 5.30. The van der Waals surface area contributed by atoms with Gasteiger partial charge in [0.25, 0.3) is 0 Å². The summed E-state index contributed by atoms with van der Waals surface area (Å²) in [5.41, 5.74) is -0.0808. The molecular weight excluding hydrogens is 251 g/mol. The molecule has 1 aromatic rings. The van der Waals surface area contributed by atoms with Crippen LogP contribution in [0.15, 0.2) is 17.7 Å². The van der Waals surface area contributed by atoms with Crippen LogP contribution in [0.1, 0.15) is 5.56 Å². The Morgan fingerprint density at radius 1 is 1.53 bits per heavy atom. The molecule has 0 spiro atoms.